The average Bonchev–Trinajstić information content (AvgIpc) is 2.62. The van der Waals surface area contributed by atoms with Crippen molar-refractivity contribution in [3.05, 3.63) is 65.2 Å². The van der Waals surface area contributed by atoms with Crippen LogP contribution in [0, 0.1) is 12.3 Å². The number of fused-ring (bicyclic) bond motifs is 1. The van der Waals surface area contributed by atoms with Gasteiger partial charge in [-0.05, 0) is 48.9 Å². The van der Waals surface area contributed by atoms with E-state index in [0.717, 1.165) is 13.0 Å². The highest BCUT2D eigenvalue weighted by Gasteiger charge is 2.40. The Morgan fingerprint density at radius 3 is 2.54 bits per heavy atom. The van der Waals surface area contributed by atoms with E-state index in [1.54, 1.807) is 0 Å². The number of rotatable bonds is 2. The lowest BCUT2D eigenvalue weighted by molar-refractivity contribution is 0.278. The van der Waals surface area contributed by atoms with Gasteiger partial charge in [0, 0.05) is 11.1 Å². The third-order valence-corrected chi connectivity index (χ3v) is 5.78. The molecule has 0 saturated heterocycles. The van der Waals surface area contributed by atoms with Crippen molar-refractivity contribution < 1.29 is 0 Å². The summed E-state index contributed by atoms with van der Waals surface area (Å²) < 4.78 is 0. The van der Waals surface area contributed by atoms with Crippen molar-refractivity contribution in [3.8, 4) is 0 Å². The molecular weight excluding hydrogens is 292 g/mol. The van der Waals surface area contributed by atoms with Crippen molar-refractivity contribution in [1.29, 1.82) is 0 Å². The summed E-state index contributed by atoms with van der Waals surface area (Å²) in [5.41, 5.74) is 5.59. The highest BCUT2D eigenvalue weighted by Crippen LogP contribution is 2.45. The molecule has 0 bridgehead atoms. The first-order valence-corrected chi connectivity index (χ1v) is 9.21. The Kier molecular flexibility index (Phi) is 4.13. The average molecular weight is 318 g/mol. The highest BCUT2D eigenvalue weighted by molar-refractivity contribution is 6.02. The third kappa shape index (κ3) is 2.86. The minimum atomic E-state index is 0.231. The molecule has 2 aliphatic rings. The number of hydrogen-bond acceptors (Lipinski definition) is 1. The fraction of sp³-hybridized carbons (Fsp3) is 0.409. The van der Waals surface area contributed by atoms with Crippen LogP contribution in [0.5, 0.6) is 0 Å². The Morgan fingerprint density at radius 1 is 0.958 bits per heavy atom. The van der Waals surface area contributed by atoms with Crippen molar-refractivity contribution in [2.24, 2.45) is 10.4 Å². The summed E-state index contributed by atoms with van der Waals surface area (Å²) in [7, 11) is 0. The lowest BCUT2D eigenvalue weighted by atomic mass is 9.67. The van der Waals surface area contributed by atoms with Crippen molar-refractivity contribution >= 4 is 11.5 Å². The van der Waals surface area contributed by atoms with Crippen LogP contribution in [0.4, 0.5) is 5.69 Å². The van der Waals surface area contributed by atoms with Gasteiger partial charge in [0.15, 0.2) is 0 Å². The van der Waals surface area contributed by atoms with Gasteiger partial charge in [-0.1, -0.05) is 61.7 Å². The maximum absolute atomic E-state index is 5.10. The van der Waals surface area contributed by atoms with Gasteiger partial charge in [-0.3, -0.25) is 4.99 Å². The fourth-order valence-corrected chi connectivity index (χ4v) is 4.31. The van der Waals surface area contributed by atoms with E-state index in [9.17, 15) is 0 Å². The van der Waals surface area contributed by atoms with Gasteiger partial charge in [-0.2, -0.15) is 0 Å². The lowest BCUT2D eigenvalue weighted by Gasteiger charge is -2.42. The van der Waals surface area contributed by atoms with Gasteiger partial charge < -0.3 is 5.32 Å². The molecule has 1 heterocycles. The SMILES string of the molecule is Cc1ccccc1CN=C1Nc2ccccc2CC12CCCCC2. The topological polar surface area (TPSA) is 24.4 Å². The van der Waals surface area contributed by atoms with Gasteiger partial charge >= 0.3 is 0 Å². The van der Waals surface area contributed by atoms with E-state index in [4.69, 9.17) is 4.99 Å². The quantitative estimate of drug-likeness (QED) is 0.775. The maximum atomic E-state index is 5.10. The van der Waals surface area contributed by atoms with Crippen LogP contribution in [-0.4, -0.2) is 5.84 Å². The third-order valence-electron chi connectivity index (χ3n) is 5.78. The van der Waals surface area contributed by atoms with Gasteiger partial charge in [0.25, 0.3) is 0 Å². The molecule has 2 nitrogen and oxygen atoms in total. The molecule has 1 aliphatic heterocycles. The van der Waals surface area contributed by atoms with Gasteiger partial charge in [0.2, 0.25) is 0 Å². The number of aryl methyl sites for hydroxylation is 1. The Morgan fingerprint density at radius 2 is 1.71 bits per heavy atom. The van der Waals surface area contributed by atoms with Crippen molar-refractivity contribution in [3.63, 3.8) is 0 Å². The second-order valence-corrected chi connectivity index (χ2v) is 7.39. The Bertz CT molecular complexity index is 754. The molecule has 1 spiro atoms. The molecule has 2 heteroatoms. The number of aliphatic imine (C=N–C) groups is 1. The number of benzene rings is 2. The molecule has 2 aromatic carbocycles. The second-order valence-electron chi connectivity index (χ2n) is 7.39. The van der Waals surface area contributed by atoms with E-state index in [-0.39, 0.29) is 5.41 Å². The van der Waals surface area contributed by atoms with Crippen LogP contribution in [-0.2, 0) is 13.0 Å². The molecule has 1 N–H and O–H groups in total. The first-order valence-electron chi connectivity index (χ1n) is 9.21. The molecule has 1 saturated carbocycles. The predicted molar refractivity (Wildman–Crippen MR) is 102 cm³/mol. The predicted octanol–water partition coefficient (Wildman–Crippen LogP) is 5.51. The zero-order valence-electron chi connectivity index (χ0n) is 14.5. The summed E-state index contributed by atoms with van der Waals surface area (Å²) in [4.78, 5) is 5.10. The molecule has 1 aliphatic carbocycles. The van der Waals surface area contributed by atoms with E-state index in [2.05, 4.69) is 60.8 Å². The Balaban J connectivity index is 1.68. The molecule has 0 amide bonds. The molecular formula is C22H26N2. The van der Waals surface area contributed by atoms with Crippen molar-refractivity contribution in [2.75, 3.05) is 5.32 Å². The highest BCUT2D eigenvalue weighted by atomic mass is 15.0. The van der Waals surface area contributed by atoms with Gasteiger partial charge in [-0.25, -0.2) is 0 Å². The lowest BCUT2D eigenvalue weighted by Crippen LogP contribution is -2.43. The Labute approximate surface area is 145 Å². The molecule has 1 fully saturated rings. The standard InChI is InChI=1S/C22H26N2/c1-17-9-3-4-11-19(17)16-23-21-22(13-7-2-8-14-22)15-18-10-5-6-12-20(18)24-21/h3-6,9-12H,2,7-8,13-16H2,1H3,(H,23,24). The molecule has 4 rings (SSSR count). The summed E-state index contributed by atoms with van der Waals surface area (Å²) in [5.74, 6) is 1.23. The minimum absolute atomic E-state index is 0.231. The molecule has 124 valence electrons. The van der Waals surface area contributed by atoms with Gasteiger partial charge in [0.1, 0.15) is 5.84 Å². The van der Waals surface area contributed by atoms with Crippen molar-refractivity contribution in [1.82, 2.24) is 0 Å². The van der Waals surface area contributed by atoms with E-state index in [1.165, 1.54) is 60.3 Å². The van der Waals surface area contributed by atoms with Crippen LogP contribution in [0.3, 0.4) is 0 Å². The molecule has 24 heavy (non-hydrogen) atoms. The smallest absolute Gasteiger partial charge is 0.108 e. The number of nitrogens with zero attached hydrogens (tertiary/aromatic N) is 1. The number of nitrogens with one attached hydrogen (secondary N) is 1. The zero-order valence-corrected chi connectivity index (χ0v) is 14.5. The van der Waals surface area contributed by atoms with Crippen LogP contribution in [0.25, 0.3) is 0 Å². The molecule has 0 radical (unpaired) electrons. The van der Waals surface area contributed by atoms with Crippen LogP contribution in [0.1, 0.15) is 48.8 Å². The largest absolute Gasteiger partial charge is 0.343 e. The number of anilines is 1. The van der Waals surface area contributed by atoms with Gasteiger partial charge in [-0.15, -0.1) is 0 Å². The number of amidine groups is 1. The van der Waals surface area contributed by atoms with Crippen LogP contribution in [0.15, 0.2) is 53.5 Å². The Hall–Kier alpha value is -2.09. The van der Waals surface area contributed by atoms with Gasteiger partial charge in [0.05, 0.1) is 6.54 Å². The molecule has 2 aromatic rings. The monoisotopic (exact) mass is 318 g/mol. The van der Waals surface area contributed by atoms with Crippen LogP contribution in [0.2, 0.25) is 0 Å². The summed E-state index contributed by atoms with van der Waals surface area (Å²) in [6.07, 6.45) is 7.69. The number of para-hydroxylation sites is 1. The second kappa shape index (κ2) is 6.43. The van der Waals surface area contributed by atoms with E-state index < -0.39 is 0 Å². The van der Waals surface area contributed by atoms with E-state index in [0.29, 0.717) is 0 Å². The summed E-state index contributed by atoms with van der Waals surface area (Å²) in [5, 5.41) is 3.70. The molecule has 0 unspecified atom stereocenters. The molecule has 0 aromatic heterocycles. The summed E-state index contributed by atoms with van der Waals surface area (Å²) in [6.45, 7) is 2.95. The summed E-state index contributed by atoms with van der Waals surface area (Å²) >= 11 is 0. The van der Waals surface area contributed by atoms with Crippen LogP contribution < -0.4 is 5.32 Å². The summed E-state index contributed by atoms with van der Waals surface area (Å²) in [6, 6.07) is 17.3. The van der Waals surface area contributed by atoms with Crippen molar-refractivity contribution in [2.45, 2.75) is 52.0 Å². The van der Waals surface area contributed by atoms with Crippen LogP contribution >= 0.6 is 0 Å². The van der Waals surface area contributed by atoms with E-state index >= 15 is 0 Å². The fourth-order valence-electron chi connectivity index (χ4n) is 4.31. The normalized spacial score (nSPS) is 20.6. The molecule has 0 atom stereocenters. The maximum Gasteiger partial charge on any atom is 0.108 e. The zero-order chi connectivity index (χ0) is 16.4. The number of hydrogen-bond donors (Lipinski definition) is 1. The first-order chi connectivity index (χ1) is 11.8. The minimum Gasteiger partial charge on any atom is -0.343 e. The first kappa shape index (κ1) is 15.4. The van der Waals surface area contributed by atoms with E-state index in [1.807, 2.05) is 0 Å².